The van der Waals surface area contributed by atoms with Gasteiger partial charge in [0, 0.05) is 26.2 Å². The van der Waals surface area contributed by atoms with Crippen LogP contribution < -0.4 is 0 Å². The van der Waals surface area contributed by atoms with Gasteiger partial charge in [0.25, 0.3) is 0 Å². The monoisotopic (exact) mass is 211 g/mol. The molecule has 0 unspecified atom stereocenters. The first-order valence-electron chi connectivity index (χ1n) is 3.49. The molecule has 0 amide bonds. The van der Waals surface area contributed by atoms with E-state index in [1.165, 1.54) is 11.1 Å². The van der Waals surface area contributed by atoms with Gasteiger partial charge < -0.3 is 0 Å². The van der Waals surface area contributed by atoms with Crippen molar-refractivity contribution in [3.05, 3.63) is 23.3 Å². The van der Waals surface area contributed by atoms with Crippen molar-refractivity contribution < 1.29 is 26.2 Å². The first kappa shape index (κ1) is 10.4. The van der Waals surface area contributed by atoms with Gasteiger partial charge in [-0.3, -0.25) is 0 Å². The van der Waals surface area contributed by atoms with Crippen LogP contribution in [0.25, 0.3) is 0 Å². The summed E-state index contributed by atoms with van der Waals surface area (Å²) in [6.07, 6.45) is 6.71. The average Bonchev–Trinajstić information content (AvgIpc) is 2.14. The standard InChI is InChI=1S/C9H13.Zr/c1-7(2)9-5-4-8(3)6-9;/h5,7H,4H2,1-3H3;/q-1;. The van der Waals surface area contributed by atoms with Crippen LogP contribution in [0.4, 0.5) is 0 Å². The van der Waals surface area contributed by atoms with E-state index in [0.717, 1.165) is 6.42 Å². The second-order valence-corrected chi connectivity index (χ2v) is 2.92. The Morgan fingerprint density at radius 1 is 1.50 bits per heavy atom. The molecule has 0 bridgehead atoms. The van der Waals surface area contributed by atoms with Crippen molar-refractivity contribution >= 4 is 0 Å². The van der Waals surface area contributed by atoms with E-state index in [1.807, 2.05) is 0 Å². The Balaban J connectivity index is 0.000000810. The molecule has 1 rings (SSSR count). The molecule has 10 heavy (non-hydrogen) atoms. The van der Waals surface area contributed by atoms with E-state index in [-0.39, 0.29) is 26.2 Å². The SMILES string of the molecule is CC1=[C-]C(C(C)C)=CC1.[Zr]. The van der Waals surface area contributed by atoms with Crippen LogP contribution in [0.3, 0.4) is 0 Å². The Hall–Kier alpha value is 0.363. The van der Waals surface area contributed by atoms with E-state index in [4.69, 9.17) is 0 Å². The summed E-state index contributed by atoms with van der Waals surface area (Å²) >= 11 is 0. The molecule has 0 fully saturated rings. The summed E-state index contributed by atoms with van der Waals surface area (Å²) in [7, 11) is 0. The predicted molar refractivity (Wildman–Crippen MR) is 40.0 cm³/mol. The maximum atomic E-state index is 3.33. The van der Waals surface area contributed by atoms with E-state index < -0.39 is 0 Å². The Labute approximate surface area is 82.5 Å². The van der Waals surface area contributed by atoms with Gasteiger partial charge >= 0.3 is 0 Å². The third-order valence-corrected chi connectivity index (χ3v) is 1.61. The second kappa shape index (κ2) is 4.28. The van der Waals surface area contributed by atoms with E-state index in [9.17, 15) is 0 Å². The van der Waals surface area contributed by atoms with Gasteiger partial charge in [-0.05, 0) is 0 Å². The summed E-state index contributed by atoms with van der Waals surface area (Å²) in [6, 6.07) is 0. The molecule has 0 N–H and O–H groups in total. The first-order chi connectivity index (χ1) is 4.20. The van der Waals surface area contributed by atoms with E-state index in [0.29, 0.717) is 5.92 Å². The van der Waals surface area contributed by atoms with Crippen LogP contribution in [0, 0.1) is 12.0 Å². The molecule has 0 spiro atoms. The van der Waals surface area contributed by atoms with Crippen molar-refractivity contribution in [1.29, 1.82) is 0 Å². The Bertz CT molecular complexity index is 164. The average molecular weight is 212 g/mol. The van der Waals surface area contributed by atoms with Crippen molar-refractivity contribution in [2.45, 2.75) is 27.2 Å². The van der Waals surface area contributed by atoms with Gasteiger partial charge in [0.2, 0.25) is 0 Å². The van der Waals surface area contributed by atoms with Gasteiger partial charge in [-0.15, -0.1) is 0 Å². The van der Waals surface area contributed by atoms with Crippen molar-refractivity contribution in [2.24, 2.45) is 5.92 Å². The van der Waals surface area contributed by atoms with Crippen molar-refractivity contribution in [3.8, 4) is 0 Å². The minimum atomic E-state index is 0. The van der Waals surface area contributed by atoms with Crippen LogP contribution in [0.2, 0.25) is 0 Å². The van der Waals surface area contributed by atoms with E-state index in [1.54, 1.807) is 0 Å². The Morgan fingerprint density at radius 3 is 2.30 bits per heavy atom. The molecule has 1 aliphatic carbocycles. The van der Waals surface area contributed by atoms with Gasteiger partial charge in [0.15, 0.2) is 0 Å². The molecule has 0 aromatic heterocycles. The molecule has 0 saturated heterocycles. The van der Waals surface area contributed by atoms with E-state index in [2.05, 4.69) is 32.9 Å². The van der Waals surface area contributed by atoms with Crippen molar-refractivity contribution in [1.82, 2.24) is 0 Å². The molecule has 0 aliphatic heterocycles. The largest absolute Gasteiger partial charge is 0.250 e. The van der Waals surface area contributed by atoms with Crippen molar-refractivity contribution in [2.75, 3.05) is 0 Å². The summed E-state index contributed by atoms with van der Waals surface area (Å²) < 4.78 is 0. The molecule has 0 atom stereocenters. The van der Waals surface area contributed by atoms with Gasteiger partial charge in [-0.2, -0.15) is 5.57 Å². The molecule has 1 heteroatoms. The molecule has 0 saturated carbocycles. The third kappa shape index (κ3) is 2.54. The van der Waals surface area contributed by atoms with Gasteiger partial charge in [-0.1, -0.05) is 33.1 Å². The van der Waals surface area contributed by atoms with Crippen LogP contribution in [-0.2, 0) is 26.2 Å². The van der Waals surface area contributed by atoms with Gasteiger partial charge in [-0.25, -0.2) is 17.7 Å². The van der Waals surface area contributed by atoms with Crippen LogP contribution in [0.5, 0.6) is 0 Å². The van der Waals surface area contributed by atoms with Gasteiger partial charge in [0.05, 0.1) is 0 Å². The summed E-state index contributed by atoms with van der Waals surface area (Å²) in [6.45, 7) is 6.54. The Kier molecular flexibility index (Phi) is 4.44. The first-order valence-corrected chi connectivity index (χ1v) is 3.49. The number of hydrogen-bond donors (Lipinski definition) is 0. The number of hydrogen-bond acceptors (Lipinski definition) is 0. The zero-order chi connectivity index (χ0) is 6.85. The third-order valence-electron chi connectivity index (χ3n) is 1.61. The molecule has 0 heterocycles. The van der Waals surface area contributed by atoms with E-state index >= 15 is 0 Å². The topological polar surface area (TPSA) is 0 Å². The molecule has 1 aliphatic rings. The fraction of sp³-hybridized carbons (Fsp3) is 0.556. The minimum absolute atomic E-state index is 0. The molecule has 54 valence electrons. The second-order valence-electron chi connectivity index (χ2n) is 2.92. The van der Waals surface area contributed by atoms with Crippen molar-refractivity contribution in [3.63, 3.8) is 0 Å². The Morgan fingerprint density at radius 2 is 2.10 bits per heavy atom. The summed E-state index contributed by atoms with van der Waals surface area (Å²) in [4.78, 5) is 0. The maximum Gasteiger partial charge on any atom is 0 e. The zero-order valence-electron chi connectivity index (χ0n) is 6.86. The van der Waals surface area contributed by atoms with Crippen LogP contribution in [0.1, 0.15) is 27.2 Å². The number of allylic oxidation sites excluding steroid dienone is 4. The summed E-state index contributed by atoms with van der Waals surface area (Å²) in [5.41, 5.74) is 2.76. The maximum absolute atomic E-state index is 3.33. The number of rotatable bonds is 1. The molecular formula is C9H13Zr-. The fourth-order valence-corrected chi connectivity index (χ4v) is 0.992. The molecule has 0 radical (unpaired) electrons. The molecule has 0 nitrogen and oxygen atoms in total. The van der Waals surface area contributed by atoms with Crippen LogP contribution in [-0.4, -0.2) is 0 Å². The molecule has 0 aromatic rings. The minimum Gasteiger partial charge on any atom is -0.250 e. The van der Waals surface area contributed by atoms with Crippen LogP contribution >= 0.6 is 0 Å². The predicted octanol–water partition coefficient (Wildman–Crippen LogP) is 2.72. The quantitative estimate of drug-likeness (QED) is 0.586. The zero-order valence-corrected chi connectivity index (χ0v) is 9.32. The van der Waals surface area contributed by atoms with Crippen LogP contribution in [0.15, 0.2) is 17.2 Å². The smallest absolute Gasteiger partial charge is 0 e. The molecular weight excluding hydrogens is 199 g/mol. The summed E-state index contributed by atoms with van der Waals surface area (Å²) in [5, 5.41) is 0. The molecule has 0 aromatic carbocycles. The normalized spacial score (nSPS) is 16.4. The summed E-state index contributed by atoms with van der Waals surface area (Å²) in [5.74, 6) is 0.655. The van der Waals surface area contributed by atoms with Gasteiger partial charge in [0.1, 0.15) is 0 Å². The fourth-order valence-electron chi connectivity index (χ4n) is 0.992.